The molecular formula is C18H14FN3O4S. The summed E-state index contributed by atoms with van der Waals surface area (Å²) in [5.74, 6) is -2.16. The second-order valence-electron chi connectivity index (χ2n) is 5.62. The third-order valence-corrected chi connectivity index (χ3v) is 4.70. The molecule has 1 atom stereocenters. The van der Waals surface area contributed by atoms with Crippen molar-refractivity contribution >= 4 is 46.1 Å². The van der Waals surface area contributed by atoms with E-state index in [0.717, 1.165) is 11.8 Å². The molecule has 9 heteroatoms. The number of amidine groups is 1. The number of thioether (sulfide) groups is 1. The van der Waals surface area contributed by atoms with Gasteiger partial charge in [0.15, 0.2) is 5.17 Å². The Balaban J connectivity index is 1.60. The number of rotatable bonds is 5. The Kier molecular flexibility index (Phi) is 5.51. The maximum Gasteiger partial charge on any atom is 0.335 e. The molecule has 0 saturated carbocycles. The number of benzene rings is 2. The molecule has 2 aromatic rings. The summed E-state index contributed by atoms with van der Waals surface area (Å²) in [7, 11) is 0. The zero-order valence-corrected chi connectivity index (χ0v) is 14.6. The number of hydrogen-bond acceptors (Lipinski definition) is 5. The van der Waals surface area contributed by atoms with E-state index in [2.05, 4.69) is 15.6 Å². The van der Waals surface area contributed by atoms with E-state index in [9.17, 15) is 18.8 Å². The Morgan fingerprint density at radius 3 is 2.44 bits per heavy atom. The van der Waals surface area contributed by atoms with Crippen LogP contribution in [0.5, 0.6) is 0 Å². The van der Waals surface area contributed by atoms with Gasteiger partial charge in [0, 0.05) is 12.1 Å². The second kappa shape index (κ2) is 8.00. The molecule has 1 heterocycles. The Labute approximate surface area is 157 Å². The lowest BCUT2D eigenvalue weighted by molar-refractivity contribution is -0.122. The minimum Gasteiger partial charge on any atom is -0.478 e. The summed E-state index contributed by atoms with van der Waals surface area (Å²) < 4.78 is 12.9. The Hall–Kier alpha value is -3.20. The monoisotopic (exact) mass is 387 g/mol. The Morgan fingerprint density at radius 1 is 1.15 bits per heavy atom. The summed E-state index contributed by atoms with van der Waals surface area (Å²) in [6.45, 7) is 0. The van der Waals surface area contributed by atoms with Crippen molar-refractivity contribution in [1.82, 2.24) is 5.32 Å². The number of carboxylic acid groups (broad SMARTS) is 1. The molecule has 0 unspecified atom stereocenters. The van der Waals surface area contributed by atoms with E-state index >= 15 is 0 Å². The first-order chi connectivity index (χ1) is 12.9. The highest BCUT2D eigenvalue weighted by molar-refractivity contribution is 8.15. The average Bonchev–Trinajstić information content (AvgIpc) is 2.96. The lowest BCUT2D eigenvalue weighted by Crippen LogP contribution is -2.28. The van der Waals surface area contributed by atoms with Gasteiger partial charge >= 0.3 is 5.97 Å². The van der Waals surface area contributed by atoms with Crippen molar-refractivity contribution in [3.8, 4) is 0 Å². The van der Waals surface area contributed by atoms with Crippen molar-refractivity contribution < 1.29 is 23.9 Å². The molecule has 2 amide bonds. The first-order valence-corrected chi connectivity index (χ1v) is 8.73. The maximum atomic E-state index is 12.9. The average molecular weight is 387 g/mol. The number of carbonyl (C=O) groups is 3. The lowest BCUT2D eigenvalue weighted by Gasteiger charge is -2.07. The zero-order chi connectivity index (χ0) is 19.4. The first kappa shape index (κ1) is 18.6. The van der Waals surface area contributed by atoms with Gasteiger partial charge in [0.25, 0.3) is 0 Å². The number of aliphatic imine (C=N–C) groups is 1. The highest BCUT2D eigenvalue weighted by Crippen LogP contribution is 2.25. The van der Waals surface area contributed by atoms with Crippen LogP contribution in [0.2, 0.25) is 0 Å². The van der Waals surface area contributed by atoms with Crippen molar-refractivity contribution in [2.24, 2.45) is 4.99 Å². The smallest absolute Gasteiger partial charge is 0.335 e. The molecule has 3 N–H and O–H groups in total. The van der Waals surface area contributed by atoms with Gasteiger partial charge in [-0.05, 0) is 48.5 Å². The zero-order valence-electron chi connectivity index (χ0n) is 13.8. The lowest BCUT2D eigenvalue weighted by atomic mass is 10.2. The molecule has 3 rings (SSSR count). The van der Waals surface area contributed by atoms with Gasteiger partial charge < -0.3 is 15.7 Å². The fourth-order valence-corrected chi connectivity index (χ4v) is 3.29. The van der Waals surface area contributed by atoms with E-state index in [-0.39, 0.29) is 23.8 Å². The molecule has 2 aromatic carbocycles. The van der Waals surface area contributed by atoms with E-state index in [0.29, 0.717) is 16.5 Å². The van der Waals surface area contributed by atoms with Crippen LogP contribution < -0.4 is 10.6 Å². The summed E-state index contributed by atoms with van der Waals surface area (Å²) >= 11 is 1.12. The molecule has 0 bridgehead atoms. The molecule has 1 saturated heterocycles. The number of carbonyl (C=O) groups excluding carboxylic acids is 2. The van der Waals surface area contributed by atoms with Crippen molar-refractivity contribution in [2.45, 2.75) is 11.7 Å². The van der Waals surface area contributed by atoms with Crippen molar-refractivity contribution in [3.63, 3.8) is 0 Å². The molecular weight excluding hydrogens is 373 g/mol. The predicted molar refractivity (Wildman–Crippen MR) is 99.7 cm³/mol. The summed E-state index contributed by atoms with van der Waals surface area (Å²) in [5, 5.41) is 13.8. The van der Waals surface area contributed by atoms with E-state index in [1.807, 2.05) is 0 Å². The van der Waals surface area contributed by atoms with E-state index in [1.165, 1.54) is 48.5 Å². The van der Waals surface area contributed by atoms with Crippen molar-refractivity contribution in [1.29, 1.82) is 0 Å². The van der Waals surface area contributed by atoms with Gasteiger partial charge in [0.1, 0.15) is 11.1 Å². The molecule has 0 spiro atoms. The number of amides is 2. The number of hydrogen-bond donors (Lipinski definition) is 3. The van der Waals surface area contributed by atoms with Gasteiger partial charge in [-0.15, -0.1) is 0 Å². The number of carboxylic acids is 1. The van der Waals surface area contributed by atoms with E-state index < -0.39 is 17.0 Å². The molecule has 0 radical (unpaired) electrons. The minimum atomic E-state index is -1.04. The summed E-state index contributed by atoms with van der Waals surface area (Å²) in [5.41, 5.74) is 1.06. The molecule has 138 valence electrons. The third kappa shape index (κ3) is 4.91. The van der Waals surface area contributed by atoms with Crippen molar-refractivity contribution in [3.05, 3.63) is 59.9 Å². The number of nitrogens with zero attached hydrogens (tertiary/aromatic N) is 1. The van der Waals surface area contributed by atoms with Crippen LogP contribution in [0.25, 0.3) is 0 Å². The highest BCUT2D eigenvalue weighted by Gasteiger charge is 2.32. The topological polar surface area (TPSA) is 108 Å². The highest BCUT2D eigenvalue weighted by atomic mass is 32.2. The summed E-state index contributed by atoms with van der Waals surface area (Å²) in [6, 6.07) is 11.2. The first-order valence-electron chi connectivity index (χ1n) is 7.86. The van der Waals surface area contributed by atoms with Crippen LogP contribution >= 0.6 is 11.8 Å². The normalized spacial score (nSPS) is 17.6. The molecule has 1 fully saturated rings. The Morgan fingerprint density at radius 2 is 1.81 bits per heavy atom. The summed E-state index contributed by atoms with van der Waals surface area (Å²) in [4.78, 5) is 39.2. The van der Waals surface area contributed by atoms with Gasteiger partial charge in [0.2, 0.25) is 11.8 Å². The Bertz CT molecular complexity index is 913. The fourth-order valence-electron chi connectivity index (χ4n) is 2.30. The SMILES string of the molecule is O=C(C[C@H]1SC(=Nc2ccc(C(=O)O)cc2)NC1=O)Nc1ccc(F)cc1. The molecule has 0 aromatic heterocycles. The van der Waals surface area contributed by atoms with Crippen LogP contribution in [-0.2, 0) is 9.59 Å². The number of aromatic carboxylic acids is 1. The molecule has 7 nitrogen and oxygen atoms in total. The minimum absolute atomic E-state index is 0.0646. The van der Waals surface area contributed by atoms with Crippen LogP contribution in [-0.4, -0.2) is 33.3 Å². The number of halogens is 1. The van der Waals surface area contributed by atoms with Gasteiger partial charge in [0.05, 0.1) is 11.3 Å². The predicted octanol–water partition coefficient (Wildman–Crippen LogP) is 2.77. The largest absolute Gasteiger partial charge is 0.478 e. The van der Waals surface area contributed by atoms with Crippen LogP contribution in [0, 0.1) is 5.82 Å². The van der Waals surface area contributed by atoms with Crippen LogP contribution in [0.1, 0.15) is 16.8 Å². The van der Waals surface area contributed by atoms with E-state index in [1.54, 1.807) is 0 Å². The van der Waals surface area contributed by atoms with E-state index in [4.69, 9.17) is 5.11 Å². The maximum absolute atomic E-state index is 12.9. The standard InChI is InChI=1S/C18H14FN3O4S/c19-11-3-7-12(8-4-11)20-15(23)9-14-16(24)22-18(27-14)21-13-5-1-10(2-6-13)17(25)26/h1-8,14H,9H2,(H,20,23)(H,25,26)(H,21,22,24)/t14-/m1/s1. The molecule has 1 aliphatic rings. The molecule has 27 heavy (non-hydrogen) atoms. The van der Waals surface area contributed by atoms with Gasteiger partial charge in [-0.1, -0.05) is 11.8 Å². The van der Waals surface area contributed by atoms with Gasteiger partial charge in [-0.2, -0.15) is 0 Å². The van der Waals surface area contributed by atoms with Gasteiger partial charge in [-0.25, -0.2) is 14.2 Å². The van der Waals surface area contributed by atoms with Gasteiger partial charge in [-0.3, -0.25) is 9.59 Å². The fraction of sp³-hybridized carbons (Fsp3) is 0.111. The summed E-state index contributed by atoms with van der Waals surface area (Å²) in [6.07, 6.45) is -0.0646. The van der Waals surface area contributed by atoms with Crippen LogP contribution in [0.4, 0.5) is 15.8 Å². The quantitative estimate of drug-likeness (QED) is 0.731. The molecule has 1 aliphatic heterocycles. The molecule has 0 aliphatic carbocycles. The number of anilines is 1. The van der Waals surface area contributed by atoms with Crippen LogP contribution in [0.15, 0.2) is 53.5 Å². The third-order valence-electron chi connectivity index (χ3n) is 3.62. The number of nitrogens with one attached hydrogen (secondary N) is 2. The second-order valence-corrected chi connectivity index (χ2v) is 6.82. The van der Waals surface area contributed by atoms with Crippen molar-refractivity contribution in [2.75, 3.05) is 5.32 Å². The van der Waals surface area contributed by atoms with Crippen LogP contribution in [0.3, 0.4) is 0 Å².